The van der Waals surface area contributed by atoms with Gasteiger partial charge in [-0.1, -0.05) is 17.7 Å². The Morgan fingerprint density at radius 2 is 1.74 bits per heavy atom. The average molecular weight is 529 g/mol. The summed E-state index contributed by atoms with van der Waals surface area (Å²) in [7, 11) is 3.37. The van der Waals surface area contributed by atoms with E-state index >= 15 is 0 Å². The first-order valence-corrected chi connectivity index (χ1v) is 13.0. The lowest BCUT2D eigenvalue weighted by molar-refractivity contribution is 0.398. The summed E-state index contributed by atoms with van der Waals surface area (Å²) >= 11 is 6.85. The first kappa shape index (κ1) is 24.5. The van der Waals surface area contributed by atoms with Gasteiger partial charge in [0.05, 0.1) is 46.3 Å². The summed E-state index contributed by atoms with van der Waals surface area (Å²) in [5.41, 5.74) is 5.80. The van der Waals surface area contributed by atoms with Gasteiger partial charge in [-0.15, -0.1) is 0 Å². The van der Waals surface area contributed by atoms with Crippen LogP contribution >= 0.6 is 11.6 Å². The molecule has 8 nitrogen and oxygen atoms in total. The van der Waals surface area contributed by atoms with Crippen LogP contribution in [0.25, 0.3) is 38.8 Å². The molecule has 0 spiro atoms. The highest BCUT2D eigenvalue weighted by Crippen LogP contribution is 2.33. The molecule has 0 aliphatic carbocycles. The number of benzene rings is 2. The highest BCUT2D eigenvalue weighted by Gasteiger charge is 2.24. The lowest BCUT2D eigenvalue weighted by Crippen LogP contribution is -2.54. The molecule has 6 rings (SSSR count). The molecule has 1 saturated heterocycles. The highest BCUT2D eigenvalue weighted by atomic mass is 35.5. The minimum Gasteiger partial charge on any atom is -0.481 e. The zero-order valence-electron chi connectivity index (χ0n) is 21.8. The van der Waals surface area contributed by atoms with E-state index in [4.69, 9.17) is 16.3 Å². The maximum atomic E-state index is 13.6. The Kier molecular flexibility index (Phi) is 6.08. The number of hydrogen-bond donors (Lipinski definition) is 1. The standard InChI is InChI=1S/C29H29ClN6O2/c1-17-15-35(16-18(2)33-17)25-9-7-21(12-23(25)30)36-28-22-11-19(20-6-10-27(38-4)32-13-20)5-8-24(22)31-14-26(28)34(3)29(36)37/h5-14,17-18,33H,15-16H2,1-4H3/t17-,18+. The van der Waals surface area contributed by atoms with Gasteiger partial charge in [0, 0.05) is 55.4 Å². The summed E-state index contributed by atoms with van der Waals surface area (Å²) in [4.78, 5) is 24.8. The van der Waals surface area contributed by atoms with E-state index in [9.17, 15) is 4.79 Å². The molecule has 38 heavy (non-hydrogen) atoms. The number of pyridine rings is 2. The molecule has 1 fully saturated rings. The summed E-state index contributed by atoms with van der Waals surface area (Å²) in [5, 5.41) is 5.05. The fraction of sp³-hybridized carbons (Fsp3) is 0.276. The van der Waals surface area contributed by atoms with E-state index in [1.165, 1.54) is 0 Å². The predicted molar refractivity (Wildman–Crippen MR) is 153 cm³/mol. The minimum atomic E-state index is -0.154. The Morgan fingerprint density at radius 3 is 2.42 bits per heavy atom. The third kappa shape index (κ3) is 4.10. The molecule has 1 aliphatic heterocycles. The maximum absolute atomic E-state index is 13.6. The maximum Gasteiger partial charge on any atom is 0.333 e. The van der Waals surface area contributed by atoms with E-state index in [2.05, 4.69) is 40.1 Å². The number of aryl methyl sites for hydroxylation is 1. The second-order valence-electron chi connectivity index (χ2n) is 10.00. The van der Waals surface area contributed by atoms with Gasteiger partial charge in [0.15, 0.2) is 0 Å². The molecule has 0 radical (unpaired) electrons. The molecule has 9 heteroatoms. The fourth-order valence-corrected chi connectivity index (χ4v) is 5.80. The van der Waals surface area contributed by atoms with Crippen molar-refractivity contribution in [1.82, 2.24) is 24.4 Å². The number of methoxy groups -OCH3 is 1. The van der Waals surface area contributed by atoms with Crippen LogP contribution in [0.15, 0.2) is 65.7 Å². The summed E-state index contributed by atoms with van der Waals surface area (Å²) < 4.78 is 8.56. The van der Waals surface area contributed by atoms with Crippen LogP contribution in [0.1, 0.15) is 13.8 Å². The van der Waals surface area contributed by atoms with Crippen molar-refractivity contribution in [3.63, 3.8) is 0 Å². The minimum absolute atomic E-state index is 0.154. The number of piperazine rings is 1. The molecule has 1 aliphatic rings. The third-order valence-corrected chi connectivity index (χ3v) is 7.55. The summed E-state index contributed by atoms with van der Waals surface area (Å²) in [6.45, 7) is 6.10. The van der Waals surface area contributed by atoms with Gasteiger partial charge in [0.25, 0.3) is 0 Å². The summed E-state index contributed by atoms with van der Waals surface area (Å²) in [6.07, 6.45) is 3.53. The number of nitrogens with zero attached hydrogens (tertiary/aromatic N) is 5. The van der Waals surface area contributed by atoms with Gasteiger partial charge in [-0.05, 0) is 55.8 Å². The summed E-state index contributed by atoms with van der Waals surface area (Å²) in [5.74, 6) is 0.556. The predicted octanol–water partition coefficient (Wildman–Crippen LogP) is 4.79. The second kappa shape index (κ2) is 9.45. The van der Waals surface area contributed by atoms with Crippen LogP contribution in [-0.2, 0) is 7.05 Å². The number of ether oxygens (including phenoxy) is 1. The number of halogens is 1. The van der Waals surface area contributed by atoms with Gasteiger partial charge < -0.3 is 15.0 Å². The van der Waals surface area contributed by atoms with Crippen molar-refractivity contribution in [2.75, 3.05) is 25.1 Å². The van der Waals surface area contributed by atoms with Crippen molar-refractivity contribution < 1.29 is 4.74 Å². The quantitative estimate of drug-likeness (QED) is 0.361. The van der Waals surface area contributed by atoms with Gasteiger partial charge in [-0.2, -0.15) is 0 Å². The molecule has 2 aromatic carbocycles. The van der Waals surface area contributed by atoms with Gasteiger partial charge >= 0.3 is 5.69 Å². The first-order valence-electron chi connectivity index (χ1n) is 12.7. The molecule has 0 bridgehead atoms. The van der Waals surface area contributed by atoms with Crippen molar-refractivity contribution in [1.29, 1.82) is 0 Å². The van der Waals surface area contributed by atoms with Crippen molar-refractivity contribution in [2.24, 2.45) is 7.05 Å². The first-order chi connectivity index (χ1) is 18.3. The average Bonchev–Trinajstić information content (AvgIpc) is 3.17. The Morgan fingerprint density at radius 1 is 0.974 bits per heavy atom. The number of fused-ring (bicyclic) bond motifs is 3. The summed E-state index contributed by atoms with van der Waals surface area (Å²) in [6, 6.07) is 16.5. The molecule has 0 unspecified atom stereocenters. The van der Waals surface area contributed by atoms with Crippen LogP contribution in [-0.4, -0.2) is 51.4 Å². The molecular formula is C29H29ClN6O2. The normalized spacial score (nSPS) is 17.9. The Balaban J connectivity index is 1.51. The van der Waals surface area contributed by atoms with Crippen LogP contribution in [0.2, 0.25) is 5.02 Å². The Bertz CT molecular complexity index is 1720. The zero-order chi connectivity index (χ0) is 26.6. The molecule has 3 aromatic heterocycles. The van der Waals surface area contributed by atoms with Crippen molar-refractivity contribution in [3.05, 3.63) is 76.4 Å². The van der Waals surface area contributed by atoms with Gasteiger partial charge in [0.1, 0.15) is 0 Å². The number of aromatic nitrogens is 4. The highest BCUT2D eigenvalue weighted by molar-refractivity contribution is 6.33. The van der Waals surface area contributed by atoms with Crippen molar-refractivity contribution >= 4 is 39.2 Å². The third-order valence-electron chi connectivity index (χ3n) is 7.25. The lowest BCUT2D eigenvalue weighted by atomic mass is 10.0. The van der Waals surface area contributed by atoms with Crippen LogP contribution < -0.4 is 20.6 Å². The van der Waals surface area contributed by atoms with Crippen LogP contribution in [0, 0.1) is 0 Å². The molecule has 4 heterocycles. The fourth-order valence-electron chi connectivity index (χ4n) is 5.50. The van der Waals surface area contributed by atoms with E-state index in [0.29, 0.717) is 23.0 Å². The molecule has 194 valence electrons. The molecule has 0 saturated carbocycles. The van der Waals surface area contributed by atoms with Gasteiger partial charge in [-0.3, -0.25) is 14.1 Å². The Hall–Kier alpha value is -3.88. The molecule has 1 N–H and O–H groups in total. The van der Waals surface area contributed by atoms with Crippen LogP contribution in [0.5, 0.6) is 5.88 Å². The van der Waals surface area contributed by atoms with Crippen LogP contribution in [0.4, 0.5) is 5.69 Å². The lowest BCUT2D eigenvalue weighted by Gasteiger charge is -2.38. The molecule has 2 atom stereocenters. The second-order valence-corrected chi connectivity index (χ2v) is 10.4. The SMILES string of the molecule is COc1ccc(-c2ccc3ncc4c(c3c2)n(-c2ccc(N3C[C@@H](C)N[C@@H](C)C3)c(Cl)c2)c(=O)n4C)cn1. The van der Waals surface area contributed by atoms with Crippen molar-refractivity contribution in [3.8, 4) is 22.7 Å². The largest absolute Gasteiger partial charge is 0.481 e. The number of nitrogens with one attached hydrogen (secondary N) is 1. The monoisotopic (exact) mass is 528 g/mol. The topological polar surface area (TPSA) is 77.2 Å². The van der Waals surface area contributed by atoms with Crippen molar-refractivity contribution in [2.45, 2.75) is 25.9 Å². The van der Waals surface area contributed by atoms with Gasteiger partial charge in [-0.25, -0.2) is 9.78 Å². The molecular weight excluding hydrogens is 500 g/mol. The number of imidazole rings is 1. The zero-order valence-corrected chi connectivity index (χ0v) is 22.5. The molecule has 5 aromatic rings. The number of rotatable bonds is 4. The van der Waals surface area contributed by atoms with E-state index < -0.39 is 0 Å². The van der Waals surface area contributed by atoms with Gasteiger partial charge in [0.2, 0.25) is 5.88 Å². The number of hydrogen-bond acceptors (Lipinski definition) is 6. The Labute approximate surface area is 225 Å². The number of anilines is 1. The molecule has 0 amide bonds. The smallest absolute Gasteiger partial charge is 0.333 e. The van der Waals surface area contributed by atoms with E-state index in [-0.39, 0.29) is 5.69 Å². The van der Waals surface area contributed by atoms with E-state index in [1.54, 1.807) is 35.7 Å². The van der Waals surface area contributed by atoms with E-state index in [0.717, 1.165) is 57.5 Å². The van der Waals surface area contributed by atoms with Crippen LogP contribution in [0.3, 0.4) is 0 Å². The van der Waals surface area contributed by atoms with E-state index in [1.807, 2.05) is 42.5 Å².